The quantitative estimate of drug-likeness (QED) is 0.479. The molecule has 0 unspecified atom stereocenters. The number of ether oxygens (including phenoxy) is 3. The molecule has 4 N–H and O–H groups in total. The fourth-order valence-electron chi connectivity index (χ4n) is 3.47. The van der Waals surface area contributed by atoms with E-state index in [4.69, 9.17) is 19.9 Å². The van der Waals surface area contributed by atoms with Gasteiger partial charge >= 0.3 is 0 Å². The van der Waals surface area contributed by atoms with Crippen LogP contribution in [0.15, 0.2) is 72.8 Å². The average molecular weight is 434 g/mol. The van der Waals surface area contributed by atoms with E-state index in [-0.39, 0.29) is 18.2 Å². The number of hydrogen-bond donors (Lipinski definition) is 3. The predicted molar refractivity (Wildman–Crippen MR) is 120 cm³/mol. The molecule has 0 spiro atoms. The van der Waals surface area contributed by atoms with Gasteiger partial charge in [-0.3, -0.25) is 4.79 Å². The lowest BCUT2D eigenvalue weighted by molar-refractivity contribution is 0.0858. The third-order valence-corrected chi connectivity index (χ3v) is 5.17. The first kappa shape index (κ1) is 21.7. The van der Waals surface area contributed by atoms with Gasteiger partial charge in [-0.1, -0.05) is 48.5 Å². The van der Waals surface area contributed by atoms with Gasteiger partial charge in [-0.2, -0.15) is 0 Å². The van der Waals surface area contributed by atoms with Crippen LogP contribution in [0.3, 0.4) is 0 Å². The maximum atomic E-state index is 11.9. The molecular formula is C25H26N2O5. The predicted octanol–water partition coefficient (Wildman–Crippen LogP) is 2.83. The summed E-state index contributed by atoms with van der Waals surface area (Å²) in [5.41, 5.74) is 7.33. The van der Waals surface area contributed by atoms with Crippen LogP contribution in [0.25, 0.3) is 0 Å². The molecule has 3 aromatic rings. The number of benzene rings is 3. The van der Waals surface area contributed by atoms with Gasteiger partial charge in [-0.05, 0) is 35.4 Å². The van der Waals surface area contributed by atoms with Crippen LogP contribution in [0.2, 0.25) is 0 Å². The van der Waals surface area contributed by atoms with E-state index in [0.29, 0.717) is 36.8 Å². The first-order valence-electron chi connectivity index (χ1n) is 10.5. The summed E-state index contributed by atoms with van der Waals surface area (Å²) in [6, 6.07) is 22.1. The highest BCUT2D eigenvalue weighted by Gasteiger charge is 2.21. The molecule has 0 radical (unpaired) electrons. The van der Waals surface area contributed by atoms with Crippen molar-refractivity contribution in [3.63, 3.8) is 0 Å². The number of amides is 1. The van der Waals surface area contributed by atoms with Crippen LogP contribution in [0.5, 0.6) is 17.2 Å². The molecule has 7 nitrogen and oxygen atoms in total. The molecule has 2 atom stereocenters. The highest BCUT2D eigenvalue weighted by Crippen LogP contribution is 2.30. The van der Waals surface area contributed by atoms with Crippen LogP contribution in [0, 0.1) is 0 Å². The first-order valence-corrected chi connectivity index (χ1v) is 10.5. The van der Waals surface area contributed by atoms with E-state index in [9.17, 15) is 9.90 Å². The fourth-order valence-corrected chi connectivity index (χ4v) is 3.47. The van der Waals surface area contributed by atoms with Gasteiger partial charge in [0.2, 0.25) is 0 Å². The molecule has 1 aliphatic heterocycles. The zero-order valence-corrected chi connectivity index (χ0v) is 17.6. The van der Waals surface area contributed by atoms with Crippen LogP contribution >= 0.6 is 0 Å². The second-order valence-electron chi connectivity index (χ2n) is 7.57. The van der Waals surface area contributed by atoms with Crippen LogP contribution in [0.4, 0.5) is 0 Å². The number of fused-ring (bicyclic) bond motifs is 1. The summed E-state index contributed by atoms with van der Waals surface area (Å²) in [5, 5.41) is 13.8. The fraction of sp³-hybridized carbons (Fsp3) is 0.240. The lowest BCUT2D eigenvalue weighted by atomic mass is 10.0. The summed E-state index contributed by atoms with van der Waals surface area (Å²) in [6.45, 7) is 1.53. The second-order valence-corrected chi connectivity index (χ2v) is 7.57. The molecule has 7 heteroatoms. The lowest BCUT2D eigenvalue weighted by Gasteiger charge is -2.27. The molecule has 166 valence electrons. The normalized spacial score (nSPS) is 15.7. The average Bonchev–Trinajstić information content (AvgIpc) is 2.83. The molecule has 1 heterocycles. The number of nitrogens with two attached hydrogens (primary N) is 1. The number of rotatable bonds is 9. The third-order valence-electron chi connectivity index (χ3n) is 5.17. The maximum absolute atomic E-state index is 11.9. The minimum Gasteiger partial charge on any atom is -0.488 e. The number of nitrogens with one attached hydrogen (secondary N) is 1. The summed E-state index contributed by atoms with van der Waals surface area (Å²) >= 11 is 0. The van der Waals surface area contributed by atoms with Crippen molar-refractivity contribution in [1.82, 2.24) is 5.32 Å². The zero-order chi connectivity index (χ0) is 22.3. The van der Waals surface area contributed by atoms with Gasteiger partial charge in [-0.15, -0.1) is 0 Å². The summed E-state index contributed by atoms with van der Waals surface area (Å²) in [6.07, 6.45) is -0.986. The van der Waals surface area contributed by atoms with Gasteiger partial charge in [0.1, 0.15) is 25.1 Å². The third kappa shape index (κ3) is 5.38. The number of para-hydroxylation sites is 2. The molecule has 0 aliphatic carbocycles. The molecular weight excluding hydrogens is 408 g/mol. The van der Waals surface area contributed by atoms with E-state index >= 15 is 0 Å². The van der Waals surface area contributed by atoms with Crippen molar-refractivity contribution in [2.75, 3.05) is 19.7 Å². The molecule has 0 saturated carbocycles. The Morgan fingerprint density at radius 3 is 2.62 bits per heavy atom. The van der Waals surface area contributed by atoms with Crippen molar-refractivity contribution >= 4 is 5.91 Å². The molecule has 32 heavy (non-hydrogen) atoms. The van der Waals surface area contributed by atoms with E-state index in [1.54, 1.807) is 18.2 Å². The van der Waals surface area contributed by atoms with Gasteiger partial charge in [0.15, 0.2) is 11.5 Å². The van der Waals surface area contributed by atoms with Crippen molar-refractivity contribution in [1.29, 1.82) is 0 Å². The van der Waals surface area contributed by atoms with Crippen LogP contribution in [-0.2, 0) is 6.61 Å². The summed E-state index contributed by atoms with van der Waals surface area (Å²) in [7, 11) is 0. The molecule has 4 rings (SSSR count). The number of aliphatic hydroxyl groups excluding tert-OH is 1. The minimum atomic E-state index is -0.826. The highest BCUT2D eigenvalue weighted by atomic mass is 16.6. The topological polar surface area (TPSA) is 103 Å². The smallest absolute Gasteiger partial charge is 0.252 e. The van der Waals surface area contributed by atoms with Gasteiger partial charge in [0.05, 0.1) is 11.7 Å². The molecule has 0 fully saturated rings. The van der Waals surface area contributed by atoms with Gasteiger partial charge in [0, 0.05) is 13.1 Å². The number of aliphatic hydroxyl groups is 1. The SMILES string of the molecule is NC(=O)c1cc([C@H](O)CNC[C@H]2COc3ccccc3O2)ccc1OCc1ccccc1. The molecule has 0 bridgehead atoms. The van der Waals surface area contributed by atoms with Crippen molar-refractivity contribution in [2.45, 2.75) is 18.8 Å². The van der Waals surface area contributed by atoms with Crippen molar-refractivity contribution in [3.05, 3.63) is 89.5 Å². The van der Waals surface area contributed by atoms with Gasteiger partial charge in [0.25, 0.3) is 5.91 Å². The zero-order valence-electron chi connectivity index (χ0n) is 17.6. The summed E-state index contributed by atoms with van der Waals surface area (Å²) in [4.78, 5) is 11.9. The van der Waals surface area contributed by atoms with E-state index < -0.39 is 12.0 Å². The first-order chi connectivity index (χ1) is 15.6. The number of primary amides is 1. The molecule has 3 aromatic carbocycles. The summed E-state index contributed by atoms with van der Waals surface area (Å²) in [5.74, 6) is 1.22. The van der Waals surface area contributed by atoms with E-state index in [1.165, 1.54) is 0 Å². The maximum Gasteiger partial charge on any atom is 0.252 e. The Morgan fingerprint density at radius 1 is 1.09 bits per heavy atom. The second kappa shape index (κ2) is 10.2. The number of carbonyl (C=O) groups excluding carboxylic acids is 1. The Labute approximate surface area is 186 Å². The molecule has 1 aliphatic rings. The Bertz CT molecular complexity index is 1060. The molecule has 0 aromatic heterocycles. The largest absolute Gasteiger partial charge is 0.488 e. The van der Waals surface area contributed by atoms with E-state index in [0.717, 1.165) is 11.3 Å². The summed E-state index contributed by atoms with van der Waals surface area (Å²) < 4.78 is 17.4. The number of carbonyl (C=O) groups is 1. The van der Waals surface area contributed by atoms with Crippen LogP contribution < -0.4 is 25.3 Å². The van der Waals surface area contributed by atoms with E-state index in [1.807, 2.05) is 54.6 Å². The Morgan fingerprint density at radius 2 is 1.84 bits per heavy atom. The molecule has 1 amide bonds. The van der Waals surface area contributed by atoms with Crippen LogP contribution in [-0.4, -0.2) is 36.8 Å². The number of hydrogen-bond acceptors (Lipinski definition) is 6. The van der Waals surface area contributed by atoms with Crippen LogP contribution in [0.1, 0.15) is 27.6 Å². The van der Waals surface area contributed by atoms with Crippen molar-refractivity contribution in [2.24, 2.45) is 5.73 Å². The Kier molecular flexibility index (Phi) is 6.89. The van der Waals surface area contributed by atoms with Crippen molar-refractivity contribution < 1.29 is 24.1 Å². The van der Waals surface area contributed by atoms with Crippen molar-refractivity contribution in [3.8, 4) is 17.2 Å². The molecule has 0 saturated heterocycles. The Balaban J connectivity index is 1.32. The Hall–Kier alpha value is -3.55. The lowest BCUT2D eigenvalue weighted by Crippen LogP contribution is -2.39. The van der Waals surface area contributed by atoms with Gasteiger partial charge < -0.3 is 30.4 Å². The highest BCUT2D eigenvalue weighted by molar-refractivity contribution is 5.95. The monoisotopic (exact) mass is 434 g/mol. The minimum absolute atomic E-state index is 0.160. The van der Waals surface area contributed by atoms with Gasteiger partial charge in [-0.25, -0.2) is 0 Å². The standard InChI is InChI=1S/C25H26N2O5/c26-25(29)20-12-18(10-11-22(20)30-15-17-6-2-1-3-7-17)21(28)14-27-13-19-16-31-23-8-4-5-9-24(23)32-19/h1-12,19,21,27-28H,13-16H2,(H2,26,29)/t19-,21+/m0/s1. The van der Waals surface area contributed by atoms with E-state index in [2.05, 4.69) is 5.32 Å².